The van der Waals surface area contributed by atoms with Crippen LogP contribution in [0.1, 0.15) is 22.5 Å². The number of nitrogens with one attached hydrogen (secondary N) is 1. The first-order valence-corrected chi connectivity index (χ1v) is 6.29. The number of benzene rings is 1. The molecule has 6 heteroatoms. The molecule has 0 radical (unpaired) electrons. The molecule has 0 aliphatic rings. The average molecular weight is 276 g/mol. The molecule has 0 atom stereocenters. The lowest BCUT2D eigenvalue weighted by Crippen LogP contribution is -2.10. The molecule has 0 amide bonds. The van der Waals surface area contributed by atoms with Crippen LogP contribution in [0, 0.1) is 6.92 Å². The zero-order chi connectivity index (χ0) is 14.4. The summed E-state index contributed by atoms with van der Waals surface area (Å²) < 4.78 is 9.97. The van der Waals surface area contributed by atoms with Crippen molar-refractivity contribution in [3.63, 3.8) is 0 Å². The summed E-state index contributed by atoms with van der Waals surface area (Å²) in [6.07, 6.45) is 0.630. The third-order valence-electron chi connectivity index (χ3n) is 2.61. The molecule has 0 saturated carbocycles. The molecule has 20 heavy (non-hydrogen) atoms. The van der Waals surface area contributed by atoms with Crippen LogP contribution in [-0.2, 0) is 4.74 Å². The highest BCUT2D eigenvalue weighted by Crippen LogP contribution is 2.16. The van der Waals surface area contributed by atoms with Gasteiger partial charge in [-0.05, 0) is 25.5 Å². The first-order chi connectivity index (χ1) is 9.66. The van der Waals surface area contributed by atoms with E-state index in [1.807, 2.05) is 6.92 Å². The van der Waals surface area contributed by atoms with Crippen molar-refractivity contribution in [1.82, 2.24) is 5.16 Å². The number of anilines is 1. The van der Waals surface area contributed by atoms with Crippen molar-refractivity contribution in [1.29, 1.82) is 0 Å². The summed E-state index contributed by atoms with van der Waals surface area (Å²) in [4.78, 5) is 11.7. The summed E-state index contributed by atoms with van der Waals surface area (Å²) in [5, 5.41) is 16.3. The zero-order valence-corrected chi connectivity index (χ0v) is 11.1. The van der Waals surface area contributed by atoms with Crippen LogP contribution in [0.15, 0.2) is 34.9 Å². The smallest absolute Gasteiger partial charge is 0.341 e. The maximum Gasteiger partial charge on any atom is 0.341 e. The van der Waals surface area contributed by atoms with E-state index in [4.69, 9.17) is 9.26 Å². The maximum atomic E-state index is 11.7. The lowest BCUT2D eigenvalue weighted by atomic mass is 10.2. The molecule has 0 spiro atoms. The van der Waals surface area contributed by atoms with Crippen molar-refractivity contribution in [2.45, 2.75) is 13.3 Å². The van der Waals surface area contributed by atoms with E-state index in [0.717, 1.165) is 5.76 Å². The van der Waals surface area contributed by atoms with Gasteiger partial charge < -0.3 is 19.7 Å². The number of rotatable bonds is 6. The molecule has 0 saturated heterocycles. The number of hydrogen-bond donors (Lipinski definition) is 2. The second-order valence-corrected chi connectivity index (χ2v) is 4.26. The Bertz CT molecular complexity index is 580. The molecule has 0 unspecified atom stereocenters. The Kier molecular flexibility index (Phi) is 4.60. The quantitative estimate of drug-likeness (QED) is 0.622. The molecule has 0 aliphatic heterocycles. The van der Waals surface area contributed by atoms with Crippen molar-refractivity contribution >= 4 is 11.8 Å². The number of carbonyl (C=O) groups is 1. The third-order valence-corrected chi connectivity index (χ3v) is 2.61. The SMILES string of the molecule is Cc1cc(NCCCOC(=O)c2ccccc2O)no1. The molecule has 2 aromatic rings. The number of ether oxygens (including phenoxy) is 1. The monoisotopic (exact) mass is 276 g/mol. The van der Waals surface area contributed by atoms with Crippen molar-refractivity contribution in [2.24, 2.45) is 0 Å². The Morgan fingerprint density at radius 3 is 2.95 bits per heavy atom. The van der Waals surface area contributed by atoms with Gasteiger partial charge >= 0.3 is 5.97 Å². The number of hydrogen-bond acceptors (Lipinski definition) is 6. The molecule has 1 aromatic carbocycles. The van der Waals surface area contributed by atoms with Crippen LogP contribution < -0.4 is 5.32 Å². The summed E-state index contributed by atoms with van der Waals surface area (Å²) in [5.74, 6) is 0.794. The van der Waals surface area contributed by atoms with Gasteiger partial charge in [0.1, 0.15) is 17.1 Å². The summed E-state index contributed by atoms with van der Waals surface area (Å²) in [6.45, 7) is 2.68. The van der Waals surface area contributed by atoms with Crippen LogP contribution in [0.5, 0.6) is 5.75 Å². The average Bonchev–Trinajstić information content (AvgIpc) is 2.84. The van der Waals surface area contributed by atoms with Gasteiger partial charge in [0.25, 0.3) is 0 Å². The summed E-state index contributed by atoms with van der Waals surface area (Å²) in [6, 6.07) is 8.08. The van der Waals surface area contributed by atoms with E-state index < -0.39 is 5.97 Å². The van der Waals surface area contributed by atoms with E-state index >= 15 is 0 Å². The number of esters is 1. The van der Waals surface area contributed by atoms with Crippen LogP contribution in [0.2, 0.25) is 0 Å². The minimum Gasteiger partial charge on any atom is -0.507 e. The van der Waals surface area contributed by atoms with Crippen molar-refractivity contribution in [3.8, 4) is 5.75 Å². The fraction of sp³-hybridized carbons (Fsp3) is 0.286. The van der Waals surface area contributed by atoms with E-state index in [-0.39, 0.29) is 17.9 Å². The molecule has 6 nitrogen and oxygen atoms in total. The maximum absolute atomic E-state index is 11.7. The second kappa shape index (κ2) is 6.60. The largest absolute Gasteiger partial charge is 0.507 e. The number of aryl methyl sites for hydroxylation is 1. The summed E-state index contributed by atoms with van der Waals surface area (Å²) in [7, 11) is 0. The Labute approximate surface area is 116 Å². The molecular weight excluding hydrogens is 260 g/mol. The number of aromatic hydroxyl groups is 1. The predicted molar refractivity (Wildman–Crippen MR) is 72.7 cm³/mol. The van der Waals surface area contributed by atoms with E-state index in [1.165, 1.54) is 12.1 Å². The second-order valence-electron chi connectivity index (χ2n) is 4.26. The zero-order valence-electron chi connectivity index (χ0n) is 11.1. The third kappa shape index (κ3) is 3.74. The Hall–Kier alpha value is -2.50. The molecule has 1 heterocycles. The van der Waals surface area contributed by atoms with E-state index in [1.54, 1.807) is 18.2 Å². The highest BCUT2D eigenvalue weighted by molar-refractivity contribution is 5.92. The Balaban J connectivity index is 1.68. The molecule has 1 aromatic heterocycles. The van der Waals surface area contributed by atoms with Gasteiger partial charge in [0.15, 0.2) is 5.82 Å². The minimum atomic E-state index is -0.527. The van der Waals surface area contributed by atoms with Crippen molar-refractivity contribution in [2.75, 3.05) is 18.5 Å². The number of aromatic nitrogens is 1. The van der Waals surface area contributed by atoms with E-state index in [9.17, 15) is 9.90 Å². The van der Waals surface area contributed by atoms with Gasteiger partial charge in [0, 0.05) is 12.6 Å². The fourth-order valence-corrected chi connectivity index (χ4v) is 1.63. The standard InChI is InChI=1S/C14H16N2O4/c1-10-9-13(16-20-10)15-7-4-8-19-14(18)11-5-2-3-6-12(11)17/h2-3,5-6,9,17H,4,7-8H2,1H3,(H,15,16). The van der Waals surface area contributed by atoms with Crippen LogP contribution >= 0.6 is 0 Å². The Morgan fingerprint density at radius 2 is 2.25 bits per heavy atom. The van der Waals surface area contributed by atoms with Gasteiger partial charge in [-0.15, -0.1) is 0 Å². The minimum absolute atomic E-state index is 0.0753. The normalized spacial score (nSPS) is 10.2. The van der Waals surface area contributed by atoms with Crippen LogP contribution in [0.25, 0.3) is 0 Å². The molecule has 106 valence electrons. The number of para-hydroxylation sites is 1. The topological polar surface area (TPSA) is 84.6 Å². The lowest BCUT2D eigenvalue weighted by Gasteiger charge is -2.06. The van der Waals surface area contributed by atoms with Gasteiger partial charge in [0.05, 0.1) is 6.61 Å². The number of phenols is 1. The number of carbonyl (C=O) groups excluding carboxylic acids is 1. The van der Waals surface area contributed by atoms with Gasteiger partial charge in [-0.2, -0.15) is 0 Å². The molecule has 2 rings (SSSR count). The molecule has 0 fully saturated rings. The molecule has 0 aliphatic carbocycles. The highest BCUT2D eigenvalue weighted by atomic mass is 16.5. The Morgan fingerprint density at radius 1 is 1.45 bits per heavy atom. The van der Waals surface area contributed by atoms with Crippen molar-refractivity contribution in [3.05, 3.63) is 41.7 Å². The molecule has 2 N–H and O–H groups in total. The van der Waals surface area contributed by atoms with Gasteiger partial charge in [-0.1, -0.05) is 17.3 Å². The summed E-state index contributed by atoms with van der Waals surface area (Å²) in [5.41, 5.74) is 0.174. The van der Waals surface area contributed by atoms with Gasteiger partial charge in [-0.3, -0.25) is 0 Å². The van der Waals surface area contributed by atoms with Crippen LogP contribution in [0.4, 0.5) is 5.82 Å². The first kappa shape index (κ1) is 13.9. The fourth-order valence-electron chi connectivity index (χ4n) is 1.63. The summed E-state index contributed by atoms with van der Waals surface area (Å²) >= 11 is 0. The molecular formula is C14H16N2O4. The highest BCUT2D eigenvalue weighted by Gasteiger charge is 2.11. The van der Waals surface area contributed by atoms with Crippen LogP contribution in [0.3, 0.4) is 0 Å². The van der Waals surface area contributed by atoms with Gasteiger partial charge in [0.2, 0.25) is 0 Å². The lowest BCUT2D eigenvalue weighted by molar-refractivity contribution is 0.0500. The molecule has 0 bridgehead atoms. The first-order valence-electron chi connectivity index (χ1n) is 6.29. The van der Waals surface area contributed by atoms with Gasteiger partial charge in [-0.25, -0.2) is 4.79 Å². The van der Waals surface area contributed by atoms with Crippen molar-refractivity contribution < 1.29 is 19.2 Å². The number of phenolic OH excluding ortho intramolecular Hbond substituents is 1. The van der Waals surface area contributed by atoms with E-state index in [2.05, 4.69) is 10.5 Å². The van der Waals surface area contributed by atoms with E-state index in [0.29, 0.717) is 18.8 Å². The predicted octanol–water partition coefficient (Wildman–Crippen LogP) is 2.35. The number of nitrogens with zero attached hydrogens (tertiary/aromatic N) is 1. The van der Waals surface area contributed by atoms with Crippen LogP contribution in [-0.4, -0.2) is 29.4 Å².